The molecule has 1 aliphatic heterocycles. The zero-order valence-corrected chi connectivity index (χ0v) is 16.6. The van der Waals surface area contributed by atoms with Crippen LogP contribution in [0.15, 0.2) is 40.9 Å². The highest BCUT2D eigenvalue weighted by Gasteiger charge is 2.36. The van der Waals surface area contributed by atoms with Crippen LogP contribution in [0.1, 0.15) is 41.5 Å². The number of aromatic nitrogens is 2. The highest BCUT2D eigenvalue weighted by Crippen LogP contribution is 2.34. The Morgan fingerprint density at radius 3 is 2.76 bits per heavy atom. The van der Waals surface area contributed by atoms with Crippen molar-refractivity contribution in [3.8, 4) is 17.1 Å². The van der Waals surface area contributed by atoms with Crippen molar-refractivity contribution in [2.75, 3.05) is 7.11 Å². The summed E-state index contributed by atoms with van der Waals surface area (Å²) < 4.78 is 24.4. The van der Waals surface area contributed by atoms with Gasteiger partial charge in [0, 0.05) is 18.5 Å². The van der Waals surface area contributed by atoms with Crippen LogP contribution in [0.3, 0.4) is 0 Å². The third-order valence-electron chi connectivity index (χ3n) is 5.39. The van der Waals surface area contributed by atoms with Gasteiger partial charge in [0.25, 0.3) is 0 Å². The van der Waals surface area contributed by atoms with Crippen LogP contribution in [0.5, 0.6) is 5.75 Å². The van der Waals surface area contributed by atoms with Crippen molar-refractivity contribution >= 4 is 5.91 Å². The van der Waals surface area contributed by atoms with Gasteiger partial charge >= 0.3 is 0 Å². The molecule has 150 valence electrons. The van der Waals surface area contributed by atoms with E-state index in [1.807, 2.05) is 6.07 Å². The van der Waals surface area contributed by atoms with Crippen LogP contribution >= 0.6 is 0 Å². The second kappa shape index (κ2) is 7.66. The molecule has 4 rings (SSSR count). The minimum Gasteiger partial charge on any atom is -0.494 e. The van der Waals surface area contributed by atoms with Crippen molar-refractivity contribution in [2.45, 2.75) is 39.3 Å². The third kappa shape index (κ3) is 3.72. The number of halogens is 1. The van der Waals surface area contributed by atoms with E-state index in [9.17, 15) is 9.18 Å². The van der Waals surface area contributed by atoms with Crippen LogP contribution in [-0.2, 0) is 11.3 Å². The van der Waals surface area contributed by atoms with Crippen molar-refractivity contribution < 1.29 is 18.4 Å². The molecule has 0 aliphatic carbocycles. The van der Waals surface area contributed by atoms with E-state index in [4.69, 9.17) is 9.26 Å². The lowest BCUT2D eigenvalue weighted by atomic mass is 10.1. The summed E-state index contributed by atoms with van der Waals surface area (Å²) in [6.45, 7) is 4.60. The van der Waals surface area contributed by atoms with Crippen LogP contribution in [0.25, 0.3) is 11.4 Å². The van der Waals surface area contributed by atoms with Gasteiger partial charge in [-0.05, 0) is 55.2 Å². The minimum absolute atomic E-state index is 0.0588. The van der Waals surface area contributed by atoms with Crippen molar-refractivity contribution in [3.63, 3.8) is 0 Å². The molecule has 0 spiro atoms. The summed E-state index contributed by atoms with van der Waals surface area (Å²) in [5, 5.41) is 3.99. The fourth-order valence-electron chi connectivity index (χ4n) is 3.58. The van der Waals surface area contributed by atoms with Gasteiger partial charge < -0.3 is 14.2 Å². The molecule has 0 bridgehead atoms. The third-order valence-corrected chi connectivity index (χ3v) is 5.39. The summed E-state index contributed by atoms with van der Waals surface area (Å²) in [7, 11) is 1.41. The van der Waals surface area contributed by atoms with Crippen molar-refractivity contribution in [3.05, 3.63) is 64.8 Å². The quantitative estimate of drug-likeness (QED) is 0.642. The van der Waals surface area contributed by atoms with E-state index in [1.165, 1.54) is 30.4 Å². The van der Waals surface area contributed by atoms with Crippen LogP contribution in [0, 0.1) is 19.7 Å². The van der Waals surface area contributed by atoms with Crippen molar-refractivity contribution in [1.29, 1.82) is 0 Å². The number of methoxy groups -OCH3 is 1. The lowest BCUT2D eigenvalue weighted by molar-refractivity contribution is -0.129. The molecule has 7 heteroatoms. The number of carbonyl (C=O) groups excluding carboxylic acids is 1. The largest absolute Gasteiger partial charge is 0.494 e. The number of rotatable bonds is 5. The molecule has 1 unspecified atom stereocenters. The first-order valence-electron chi connectivity index (χ1n) is 9.49. The number of nitrogens with zero attached hydrogens (tertiary/aromatic N) is 3. The molecule has 0 saturated carbocycles. The van der Waals surface area contributed by atoms with E-state index in [0.717, 1.165) is 5.56 Å². The van der Waals surface area contributed by atoms with E-state index < -0.39 is 5.82 Å². The van der Waals surface area contributed by atoms with Gasteiger partial charge in [0.05, 0.1) is 7.11 Å². The molecule has 1 amide bonds. The topological polar surface area (TPSA) is 68.5 Å². The Kier molecular flexibility index (Phi) is 5.05. The Bertz CT molecular complexity index is 1060. The molecule has 2 aromatic carbocycles. The van der Waals surface area contributed by atoms with Crippen LogP contribution in [-0.4, -0.2) is 28.1 Å². The summed E-state index contributed by atoms with van der Waals surface area (Å²) in [5.41, 5.74) is 3.95. The van der Waals surface area contributed by atoms with Crippen LogP contribution < -0.4 is 4.74 Å². The van der Waals surface area contributed by atoms with Gasteiger partial charge in [-0.1, -0.05) is 23.4 Å². The van der Waals surface area contributed by atoms with E-state index >= 15 is 0 Å². The second-order valence-corrected chi connectivity index (χ2v) is 7.30. The normalized spacial score (nSPS) is 16.5. The van der Waals surface area contributed by atoms with Gasteiger partial charge in [0.2, 0.25) is 17.6 Å². The Balaban J connectivity index is 1.58. The average Bonchev–Trinajstić information content (AvgIpc) is 3.32. The summed E-state index contributed by atoms with van der Waals surface area (Å²) in [6.07, 6.45) is 1.05. The molecule has 1 aliphatic rings. The number of carbonyl (C=O) groups is 1. The maximum Gasteiger partial charge on any atom is 0.249 e. The van der Waals surface area contributed by atoms with E-state index in [-0.39, 0.29) is 23.5 Å². The maximum atomic E-state index is 14.0. The number of amides is 1. The molecule has 0 radical (unpaired) electrons. The second-order valence-electron chi connectivity index (χ2n) is 7.30. The number of aryl methyl sites for hydroxylation is 2. The van der Waals surface area contributed by atoms with Gasteiger partial charge in [-0.15, -0.1) is 0 Å². The molecule has 0 N–H and O–H groups in total. The fourth-order valence-corrected chi connectivity index (χ4v) is 3.58. The molecule has 1 saturated heterocycles. The van der Waals surface area contributed by atoms with Crippen molar-refractivity contribution in [2.24, 2.45) is 0 Å². The van der Waals surface area contributed by atoms with Gasteiger partial charge in [0.1, 0.15) is 6.04 Å². The van der Waals surface area contributed by atoms with Crippen LogP contribution in [0.2, 0.25) is 0 Å². The summed E-state index contributed by atoms with van der Waals surface area (Å²) in [5.74, 6) is 0.364. The SMILES string of the molecule is COc1ccc(-c2noc(C3CCC(=O)N3Cc3ccc(C)c(C)c3)n2)cc1F. The molecular formula is C22H22FN3O3. The van der Waals surface area contributed by atoms with Crippen LogP contribution in [0.4, 0.5) is 4.39 Å². The Hall–Kier alpha value is -3.22. The van der Waals surface area contributed by atoms with E-state index in [1.54, 1.807) is 11.0 Å². The zero-order chi connectivity index (χ0) is 20.5. The zero-order valence-electron chi connectivity index (χ0n) is 16.6. The number of ether oxygens (including phenoxy) is 1. The van der Waals surface area contributed by atoms with Gasteiger partial charge in [-0.25, -0.2) is 4.39 Å². The molecule has 1 aromatic heterocycles. The highest BCUT2D eigenvalue weighted by atomic mass is 19.1. The predicted octanol–water partition coefficient (Wildman–Crippen LogP) is 4.36. The highest BCUT2D eigenvalue weighted by molar-refractivity contribution is 5.78. The first kappa shape index (κ1) is 19.1. The molecule has 2 heterocycles. The van der Waals surface area contributed by atoms with Crippen molar-refractivity contribution in [1.82, 2.24) is 15.0 Å². The smallest absolute Gasteiger partial charge is 0.249 e. The standard InChI is InChI=1S/C22H22FN3O3/c1-13-4-5-15(10-14(13)2)12-26-18(7-9-20(26)27)22-24-21(25-29-22)16-6-8-19(28-3)17(23)11-16/h4-6,8,10-11,18H,7,9,12H2,1-3H3. The number of hydrogen-bond acceptors (Lipinski definition) is 5. The average molecular weight is 395 g/mol. The lowest BCUT2D eigenvalue weighted by Crippen LogP contribution is -2.27. The molecule has 3 aromatic rings. The Labute approximate surface area is 168 Å². The molecule has 6 nitrogen and oxygen atoms in total. The Morgan fingerprint density at radius 2 is 2.03 bits per heavy atom. The molecule has 1 fully saturated rings. The fraction of sp³-hybridized carbons (Fsp3) is 0.318. The first-order valence-corrected chi connectivity index (χ1v) is 9.49. The summed E-state index contributed by atoms with van der Waals surface area (Å²) in [4.78, 5) is 18.7. The monoisotopic (exact) mass is 395 g/mol. The predicted molar refractivity (Wildman–Crippen MR) is 105 cm³/mol. The molecule has 29 heavy (non-hydrogen) atoms. The minimum atomic E-state index is -0.497. The van der Waals surface area contributed by atoms with Gasteiger partial charge in [0.15, 0.2) is 11.6 Å². The maximum absolute atomic E-state index is 14.0. The van der Waals surface area contributed by atoms with Gasteiger partial charge in [-0.2, -0.15) is 4.98 Å². The first-order chi connectivity index (χ1) is 14.0. The summed E-state index contributed by atoms with van der Waals surface area (Å²) >= 11 is 0. The van der Waals surface area contributed by atoms with E-state index in [0.29, 0.717) is 30.8 Å². The molecular weight excluding hydrogens is 373 g/mol. The lowest BCUT2D eigenvalue weighted by Gasteiger charge is -2.22. The van der Waals surface area contributed by atoms with E-state index in [2.05, 4.69) is 36.1 Å². The number of benzene rings is 2. The van der Waals surface area contributed by atoms with Gasteiger partial charge in [-0.3, -0.25) is 4.79 Å². The Morgan fingerprint density at radius 1 is 1.21 bits per heavy atom. The summed E-state index contributed by atoms with van der Waals surface area (Å²) in [6, 6.07) is 10.4. The number of hydrogen-bond donors (Lipinski definition) is 0. The molecule has 1 atom stereocenters. The number of likely N-dealkylation sites (tertiary alicyclic amines) is 1.